The van der Waals surface area contributed by atoms with E-state index in [0.717, 1.165) is 19.7 Å². The average molecular weight is 289 g/mol. The lowest BCUT2D eigenvalue weighted by molar-refractivity contribution is -0.0406. The first kappa shape index (κ1) is 14.1. The van der Waals surface area contributed by atoms with Crippen molar-refractivity contribution in [3.05, 3.63) is 24.2 Å². The molecule has 0 radical (unpaired) electrons. The predicted octanol–water partition coefficient (Wildman–Crippen LogP) is 1.18. The van der Waals surface area contributed by atoms with Crippen molar-refractivity contribution in [1.29, 1.82) is 0 Å². The van der Waals surface area contributed by atoms with Crippen molar-refractivity contribution in [1.82, 2.24) is 25.2 Å². The molecule has 1 aliphatic rings. The highest BCUT2D eigenvalue weighted by molar-refractivity contribution is 5.46. The van der Waals surface area contributed by atoms with E-state index >= 15 is 0 Å². The molecule has 21 heavy (non-hydrogen) atoms. The molecule has 0 aliphatic carbocycles. The Morgan fingerprint density at radius 2 is 2.33 bits per heavy atom. The number of ether oxygens (including phenoxy) is 1. The Balaban J connectivity index is 1.65. The fraction of sp³-hybridized carbons (Fsp3) is 0.571. The molecule has 3 rings (SSSR count). The topological polar surface area (TPSA) is 77.2 Å². The molecule has 2 aromatic heterocycles. The van der Waals surface area contributed by atoms with Crippen LogP contribution < -0.4 is 0 Å². The van der Waals surface area contributed by atoms with Crippen molar-refractivity contribution in [3.63, 3.8) is 0 Å². The molecule has 0 spiro atoms. The fourth-order valence-corrected chi connectivity index (χ4v) is 2.39. The van der Waals surface area contributed by atoms with Crippen molar-refractivity contribution >= 4 is 0 Å². The normalized spacial score (nSPS) is 20.0. The highest BCUT2D eigenvalue weighted by atomic mass is 16.5. The third-order valence-electron chi connectivity index (χ3n) is 3.57. The summed E-state index contributed by atoms with van der Waals surface area (Å²) in [6.07, 6.45) is 2.33. The van der Waals surface area contributed by atoms with E-state index < -0.39 is 0 Å². The summed E-state index contributed by atoms with van der Waals surface area (Å²) in [5.41, 5.74) is 0.612. The summed E-state index contributed by atoms with van der Waals surface area (Å²) in [6, 6.07) is 4.12. The number of morpholine rings is 1. The second-order valence-corrected chi connectivity index (χ2v) is 5.41. The van der Waals surface area contributed by atoms with Crippen LogP contribution in [0.1, 0.15) is 19.7 Å². The maximum atomic E-state index is 5.78. The Kier molecular flexibility index (Phi) is 4.21. The molecule has 2 aromatic rings. The summed E-state index contributed by atoms with van der Waals surface area (Å²) in [5.74, 6) is 1.04. The zero-order chi connectivity index (χ0) is 14.7. The molecule has 0 unspecified atom stereocenters. The number of aromatic nitrogens is 4. The van der Waals surface area contributed by atoms with E-state index in [9.17, 15) is 0 Å². The van der Waals surface area contributed by atoms with Crippen molar-refractivity contribution in [2.24, 2.45) is 0 Å². The van der Waals surface area contributed by atoms with Gasteiger partial charge in [0.2, 0.25) is 11.7 Å². The minimum Gasteiger partial charge on any atom is -0.375 e. The molecule has 0 N–H and O–H groups in total. The van der Waals surface area contributed by atoms with Crippen LogP contribution in [0.5, 0.6) is 0 Å². The number of hydrogen-bond donors (Lipinski definition) is 0. The maximum Gasteiger partial charge on any atom is 0.229 e. The minimum absolute atomic E-state index is 0.0938. The molecular formula is C14H19N5O2. The van der Waals surface area contributed by atoms with E-state index in [1.165, 1.54) is 0 Å². The van der Waals surface area contributed by atoms with Gasteiger partial charge >= 0.3 is 0 Å². The first-order chi connectivity index (χ1) is 10.2. The molecule has 0 bridgehead atoms. The Labute approximate surface area is 123 Å². The van der Waals surface area contributed by atoms with Crippen LogP contribution in [-0.4, -0.2) is 57.1 Å². The SMILES string of the molecule is CC(C)N1CCO[C@H](Cc2nc(-c3cccnn3)no2)C1. The summed E-state index contributed by atoms with van der Waals surface area (Å²) in [4.78, 5) is 6.76. The molecule has 1 aliphatic heterocycles. The Morgan fingerprint density at radius 1 is 1.43 bits per heavy atom. The van der Waals surface area contributed by atoms with Crippen LogP contribution in [0.3, 0.4) is 0 Å². The van der Waals surface area contributed by atoms with E-state index in [2.05, 4.69) is 39.1 Å². The van der Waals surface area contributed by atoms with Gasteiger partial charge in [-0.05, 0) is 26.0 Å². The van der Waals surface area contributed by atoms with Crippen molar-refractivity contribution in [2.45, 2.75) is 32.4 Å². The van der Waals surface area contributed by atoms with Gasteiger partial charge in [-0.1, -0.05) is 5.16 Å². The van der Waals surface area contributed by atoms with Crippen molar-refractivity contribution < 1.29 is 9.26 Å². The third-order valence-corrected chi connectivity index (χ3v) is 3.57. The van der Waals surface area contributed by atoms with Gasteiger partial charge in [0.05, 0.1) is 19.1 Å². The van der Waals surface area contributed by atoms with E-state index in [0.29, 0.717) is 29.9 Å². The Hall–Kier alpha value is -1.86. The summed E-state index contributed by atoms with van der Waals surface area (Å²) in [7, 11) is 0. The van der Waals surface area contributed by atoms with E-state index in [4.69, 9.17) is 9.26 Å². The van der Waals surface area contributed by atoms with Crippen LogP contribution in [0.4, 0.5) is 0 Å². The first-order valence-electron chi connectivity index (χ1n) is 7.18. The van der Waals surface area contributed by atoms with Crippen LogP contribution in [0.15, 0.2) is 22.9 Å². The second kappa shape index (κ2) is 6.28. The largest absolute Gasteiger partial charge is 0.375 e. The lowest BCUT2D eigenvalue weighted by Crippen LogP contribution is -2.46. The van der Waals surface area contributed by atoms with E-state index in [-0.39, 0.29) is 6.10 Å². The monoisotopic (exact) mass is 289 g/mol. The van der Waals surface area contributed by atoms with Gasteiger partial charge in [0.15, 0.2) is 0 Å². The van der Waals surface area contributed by atoms with Crippen LogP contribution >= 0.6 is 0 Å². The molecule has 7 heteroatoms. The van der Waals surface area contributed by atoms with Crippen LogP contribution in [0, 0.1) is 0 Å². The fourth-order valence-electron chi connectivity index (χ4n) is 2.39. The summed E-state index contributed by atoms with van der Waals surface area (Å²) < 4.78 is 11.1. The average Bonchev–Trinajstić information content (AvgIpc) is 2.97. The maximum absolute atomic E-state index is 5.78. The molecule has 3 heterocycles. The molecule has 7 nitrogen and oxygen atoms in total. The Morgan fingerprint density at radius 3 is 3.10 bits per heavy atom. The van der Waals surface area contributed by atoms with Gasteiger partial charge in [0, 0.05) is 25.3 Å². The van der Waals surface area contributed by atoms with Gasteiger partial charge in [-0.3, -0.25) is 4.90 Å². The van der Waals surface area contributed by atoms with Crippen molar-refractivity contribution in [2.75, 3.05) is 19.7 Å². The van der Waals surface area contributed by atoms with Crippen LogP contribution in [-0.2, 0) is 11.2 Å². The van der Waals surface area contributed by atoms with Crippen LogP contribution in [0.2, 0.25) is 0 Å². The predicted molar refractivity (Wildman–Crippen MR) is 75.5 cm³/mol. The van der Waals surface area contributed by atoms with Gasteiger partial charge < -0.3 is 9.26 Å². The number of rotatable bonds is 4. The molecule has 0 saturated carbocycles. The van der Waals surface area contributed by atoms with Crippen molar-refractivity contribution in [3.8, 4) is 11.5 Å². The number of nitrogens with zero attached hydrogens (tertiary/aromatic N) is 5. The van der Waals surface area contributed by atoms with Gasteiger partial charge in [-0.25, -0.2) is 0 Å². The molecule has 0 aromatic carbocycles. The van der Waals surface area contributed by atoms with E-state index in [1.54, 1.807) is 18.3 Å². The smallest absolute Gasteiger partial charge is 0.229 e. The molecule has 1 saturated heterocycles. The highest BCUT2D eigenvalue weighted by Gasteiger charge is 2.24. The molecular weight excluding hydrogens is 270 g/mol. The summed E-state index contributed by atoms with van der Waals surface area (Å²) in [5, 5.41) is 11.7. The zero-order valence-electron chi connectivity index (χ0n) is 12.3. The molecule has 112 valence electrons. The second-order valence-electron chi connectivity index (χ2n) is 5.41. The standard InChI is InChI=1S/C14H19N5O2/c1-10(2)19-6-7-20-11(9-19)8-13-16-14(18-21-13)12-4-3-5-15-17-12/h3-5,10-11H,6-9H2,1-2H3/t11-/m1/s1. The summed E-state index contributed by atoms with van der Waals surface area (Å²) in [6.45, 7) is 7.00. The van der Waals surface area contributed by atoms with Gasteiger partial charge in [-0.2, -0.15) is 10.1 Å². The Bertz CT molecular complexity index is 572. The third kappa shape index (κ3) is 3.43. The van der Waals surface area contributed by atoms with Gasteiger partial charge in [-0.15, -0.1) is 5.10 Å². The molecule has 1 fully saturated rings. The molecule has 1 atom stereocenters. The van der Waals surface area contributed by atoms with Gasteiger partial charge in [0.1, 0.15) is 5.69 Å². The van der Waals surface area contributed by atoms with Gasteiger partial charge in [0.25, 0.3) is 0 Å². The summed E-state index contributed by atoms with van der Waals surface area (Å²) >= 11 is 0. The number of hydrogen-bond acceptors (Lipinski definition) is 7. The zero-order valence-corrected chi connectivity index (χ0v) is 12.3. The molecule has 0 amide bonds. The lowest BCUT2D eigenvalue weighted by atomic mass is 10.2. The first-order valence-corrected chi connectivity index (χ1v) is 7.18. The minimum atomic E-state index is 0.0938. The van der Waals surface area contributed by atoms with E-state index in [1.807, 2.05) is 0 Å². The lowest BCUT2D eigenvalue weighted by Gasteiger charge is -2.34. The quantitative estimate of drug-likeness (QED) is 0.836. The van der Waals surface area contributed by atoms with Crippen LogP contribution in [0.25, 0.3) is 11.5 Å². The highest BCUT2D eigenvalue weighted by Crippen LogP contribution is 2.15.